The van der Waals surface area contributed by atoms with Gasteiger partial charge in [-0.3, -0.25) is 4.79 Å². The number of sulfonamides is 1. The van der Waals surface area contributed by atoms with E-state index in [9.17, 15) is 13.2 Å². The molecule has 21 heavy (non-hydrogen) atoms. The largest absolute Gasteiger partial charge is 0.318 e. The Bertz CT molecular complexity index is 795. The highest BCUT2D eigenvalue weighted by atomic mass is 32.2. The van der Waals surface area contributed by atoms with Crippen LogP contribution in [0.25, 0.3) is 0 Å². The number of pyridine rings is 1. The zero-order valence-electron chi connectivity index (χ0n) is 12.0. The van der Waals surface area contributed by atoms with Gasteiger partial charge in [-0.25, -0.2) is 13.1 Å². The SMILES string of the molecule is Cc1ccccc1CS(=O)(=O)NCc1cccn(C)c1=O. The summed E-state index contributed by atoms with van der Waals surface area (Å²) in [6.07, 6.45) is 1.63. The van der Waals surface area contributed by atoms with Crippen LogP contribution in [0, 0.1) is 6.92 Å². The minimum Gasteiger partial charge on any atom is -0.318 e. The predicted molar refractivity (Wildman–Crippen MR) is 82.3 cm³/mol. The topological polar surface area (TPSA) is 68.2 Å². The van der Waals surface area contributed by atoms with Gasteiger partial charge in [0.15, 0.2) is 0 Å². The average Bonchev–Trinajstić information content (AvgIpc) is 2.43. The fraction of sp³-hybridized carbons (Fsp3) is 0.267. The van der Waals surface area contributed by atoms with E-state index in [1.807, 2.05) is 25.1 Å². The fourth-order valence-corrected chi connectivity index (χ4v) is 3.21. The fourth-order valence-electron chi connectivity index (χ4n) is 2.00. The number of hydrogen-bond acceptors (Lipinski definition) is 3. The molecule has 6 heteroatoms. The van der Waals surface area contributed by atoms with Crippen LogP contribution in [0.2, 0.25) is 0 Å². The Labute approximate surface area is 124 Å². The van der Waals surface area contributed by atoms with Crippen molar-refractivity contribution in [1.29, 1.82) is 0 Å². The maximum Gasteiger partial charge on any atom is 0.254 e. The maximum absolute atomic E-state index is 12.1. The first-order valence-electron chi connectivity index (χ1n) is 6.55. The molecule has 1 N–H and O–H groups in total. The van der Waals surface area contributed by atoms with E-state index in [0.29, 0.717) is 5.56 Å². The van der Waals surface area contributed by atoms with E-state index < -0.39 is 10.0 Å². The van der Waals surface area contributed by atoms with Crippen LogP contribution in [0.1, 0.15) is 16.7 Å². The monoisotopic (exact) mass is 306 g/mol. The molecule has 1 heterocycles. The lowest BCUT2D eigenvalue weighted by Gasteiger charge is -2.09. The molecule has 0 bridgehead atoms. The Kier molecular flexibility index (Phi) is 4.59. The van der Waals surface area contributed by atoms with Gasteiger partial charge in [-0.1, -0.05) is 30.3 Å². The summed E-state index contributed by atoms with van der Waals surface area (Å²) in [6.45, 7) is 1.87. The molecule has 0 fully saturated rings. The second-order valence-corrected chi connectivity index (χ2v) is 6.76. The van der Waals surface area contributed by atoms with Crippen LogP contribution in [0.5, 0.6) is 0 Å². The lowest BCUT2D eigenvalue weighted by atomic mass is 10.1. The lowest BCUT2D eigenvalue weighted by molar-refractivity contribution is 0.579. The average molecular weight is 306 g/mol. The van der Waals surface area contributed by atoms with Gasteiger partial charge in [-0.05, 0) is 24.1 Å². The Balaban J connectivity index is 2.10. The van der Waals surface area contributed by atoms with Gasteiger partial charge in [-0.2, -0.15) is 0 Å². The van der Waals surface area contributed by atoms with E-state index in [1.165, 1.54) is 4.57 Å². The maximum atomic E-state index is 12.1. The summed E-state index contributed by atoms with van der Waals surface area (Å²) in [5, 5.41) is 0. The molecule has 0 atom stereocenters. The van der Waals surface area contributed by atoms with Gasteiger partial charge in [0, 0.05) is 25.4 Å². The number of benzene rings is 1. The Hall–Kier alpha value is -1.92. The molecular weight excluding hydrogens is 288 g/mol. The van der Waals surface area contributed by atoms with Crippen molar-refractivity contribution in [2.45, 2.75) is 19.2 Å². The van der Waals surface area contributed by atoms with Gasteiger partial charge >= 0.3 is 0 Å². The van der Waals surface area contributed by atoms with E-state index in [4.69, 9.17) is 0 Å². The van der Waals surface area contributed by atoms with Gasteiger partial charge in [-0.15, -0.1) is 0 Å². The number of aryl methyl sites for hydroxylation is 2. The molecule has 2 aromatic rings. The van der Waals surface area contributed by atoms with Crippen LogP contribution < -0.4 is 10.3 Å². The second-order valence-electron chi connectivity index (χ2n) is 4.96. The van der Waals surface area contributed by atoms with E-state index in [-0.39, 0.29) is 17.9 Å². The number of hydrogen-bond donors (Lipinski definition) is 1. The van der Waals surface area contributed by atoms with Crippen LogP contribution in [0.15, 0.2) is 47.4 Å². The molecule has 112 valence electrons. The number of rotatable bonds is 5. The van der Waals surface area contributed by atoms with Crippen molar-refractivity contribution in [2.75, 3.05) is 0 Å². The van der Waals surface area contributed by atoms with E-state index >= 15 is 0 Å². The normalized spacial score (nSPS) is 11.5. The zero-order valence-corrected chi connectivity index (χ0v) is 12.9. The molecular formula is C15H18N2O3S. The van der Waals surface area contributed by atoms with Crippen LogP contribution in [0.3, 0.4) is 0 Å². The highest BCUT2D eigenvalue weighted by molar-refractivity contribution is 7.88. The summed E-state index contributed by atoms with van der Waals surface area (Å²) in [4.78, 5) is 11.8. The summed E-state index contributed by atoms with van der Waals surface area (Å²) in [6, 6.07) is 10.7. The molecule has 0 aliphatic heterocycles. The highest BCUT2D eigenvalue weighted by Gasteiger charge is 2.13. The Morgan fingerprint density at radius 3 is 2.48 bits per heavy atom. The summed E-state index contributed by atoms with van der Waals surface area (Å²) < 4.78 is 28.1. The molecule has 0 radical (unpaired) electrons. The molecule has 0 unspecified atom stereocenters. The third kappa shape index (κ3) is 4.03. The third-order valence-corrected chi connectivity index (χ3v) is 4.57. The quantitative estimate of drug-likeness (QED) is 0.905. The predicted octanol–water partition coefficient (Wildman–Crippen LogP) is 1.31. The van der Waals surface area contributed by atoms with Gasteiger partial charge in [0.05, 0.1) is 5.75 Å². The van der Waals surface area contributed by atoms with Crippen molar-refractivity contribution >= 4 is 10.0 Å². The van der Waals surface area contributed by atoms with E-state index in [1.54, 1.807) is 31.4 Å². The third-order valence-electron chi connectivity index (χ3n) is 3.29. The number of aromatic nitrogens is 1. The zero-order chi connectivity index (χ0) is 15.5. The minimum atomic E-state index is -3.48. The molecule has 0 spiro atoms. The molecule has 5 nitrogen and oxygen atoms in total. The van der Waals surface area contributed by atoms with Crippen molar-refractivity contribution in [3.05, 3.63) is 69.6 Å². The van der Waals surface area contributed by atoms with Gasteiger partial charge in [0.2, 0.25) is 10.0 Å². The molecule has 2 rings (SSSR count). The molecule has 0 amide bonds. The van der Waals surface area contributed by atoms with Crippen molar-refractivity contribution < 1.29 is 8.42 Å². The number of nitrogens with one attached hydrogen (secondary N) is 1. The van der Waals surface area contributed by atoms with Crippen molar-refractivity contribution in [1.82, 2.24) is 9.29 Å². The van der Waals surface area contributed by atoms with Gasteiger partial charge in [0.1, 0.15) is 0 Å². The summed E-state index contributed by atoms with van der Waals surface area (Å²) >= 11 is 0. The van der Waals surface area contributed by atoms with Crippen molar-refractivity contribution in [2.24, 2.45) is 7.05 Å². The van der Waals surface area contributed by atoms with Crippen molar-refractivity contribution in [3.63, 3.8) is 0 Å². The van der Waals surface area contributed by atoms with Gasteiger partial charge < -0.3 is 4.57 Å². The Morgan fingerprint density at radius 1 is 1.10 bits per heavy atom. The molecule has 0 saturated heterocycles. The van der Waals surface area contributed by atoms with Crippen LogP contribution in [-0.2, 0) is 29.4 Å². The second kappa shape index (κ2) is 6.24. The summed E-state index contributed by atoms with van der Waals surface area (Å²) in [5.41, 5.74) is 1.91. The first-order chi connectivity index (χ1) is 9.89. The molecule has 1 aromatic carbocycles. The standard InChI is InChI=1S/C15H18N2O3S/c1-12-6-3-4-7-14(12)11-21(19,20)16-10-13-8-5-9-17(2)15(13)18/h3-9,16H,10-11H2,1-2H3. The van der Waals surface area contributed by atoms with E-state index in [0.717, 1.165) is 11.1 Å². The minimum absolute atomic E-state index is 0.00171. The molecule has 0 saturated carbocycles. The van der Waals surface area contributed by atoms with Crippen LogP contribution in [-0.4, -0.2) is 13.0 Å². The van der Waals surface area contributed by atoms with Crippen LogP contribution in [0.4, 0.5) is 0 Å². The number of nitrogens with zero attached hydrogens (tertiary/aromatic N) is 1. The summed E-state index contributed by atoms with van der Waals surface area (Å²) in [7, 11) is -1.85. The molecule has 0 aliphatic carbocycles. The molecule has 1 aromatic heterocycles. The van der Waals surface area contributed by atoms with E-state index in [2.05, 4.69) is 4.72 Å². The smallest absolute Gasteiger partial charge is 0.254 e. The first kappa shape index (κ1) is 15.5. The first-order valence-corrected chi connectivity index (χ1v) is 8.20. The Morgan fingerprint density at radius 2 is 1.76 bits per heavy atom. The van der Waals surface area contributed by atoms with Crippen LogP contribution >= 0.6 is 0 Å². The molecule has 0 aliphatic rings. The van der Waals surface area contributed by atoms with Gasteiger partial charge in [0.25, 0.3) is 5.56 Å². The lowest BCUT2D eigenvalue weighted by Crippen LogP contribution is -2.29. The summed E-state index contributed by atoms with van der Waals surface area (Å²) in [5.74, 6) is -0.0905. The highest BCUT2D eigenvalue weighted by Crippen LogP contribution is 2.10. The van der Waals surface area contributed by atoms with Crippen molar-refractivity contribution in [3.8, 4) is 0 Å².